The van der Waals surface area contributed by atoms with E-state index < -0.39 is 17.6 Å². The molecule has 0 saturated carbocycles. The van der Waals surface area contributed by atoms with Gasteiger partial charge in [0, 0.05) is 30.8 Å². The van der Waals surface area contributed by atoms with Gasteiger partial charge in [0.1, 0.15) is 23.6 Å². The molecule has 0 aliphatic carbocycles. The van der Waals surface area contributed by atoms with Crippen molar-refractivity contribution in [3.05, 3.63) is 23.8 Å². The monoisotopic (exact) mass is 393 g/mol. The highest BCUT2D eigenvalue weighted by molar-refractivity contribution is 5.95. The number of likely N-dealkylation sites (tertiary alicyclic amines) is 1. The number of piperidine rings is 1. The lowest BCUT2D eigenvalue weighted by Gasteiger charge is -2.32. The van der Waals surface area contributed by atoms with E-state index in [1.807, 2.05) is 0 Å². The van der Waals surface area contributed by atoms with Gasteiger partial charge in [-0.25, -0.2) is 4.79 Å². The number of aromatic hydroxyl groups is 2. The normalized spacial score (nSPS) is 15.0. The van der Waals surface area contributed by atoms with Crippen LogP contribution in [0.15, 0.2) is 18.2 Å². The predicted molar refractivity (Wildman–Crippen MR) is 101 cm³/mol. The number of hydrogen-bond acceptors (Lipinski definition) is 6. The zero-order valence-corrected chi connectivity index (χ0v) is 16.3. The van der Waals surface area contributed by atoms with Gasteiger partial charge in [0.2, 0.25) is 5.91 Å². The summed E-state index contributed by atoms with van der Waals surface area (Å²) in [7, 11) is 0. The largest absolute Gasteiger partial charge is 0.508 e. The van der Waals surface area contributed by atoms with Gasteiger partial charge in [0.25, 0.3) is 5.91 Å². The molecule has 0 atom stereocenters. The van der Waals surface area contributed by atoms with E-state index in [0.29, 0.717) is 25.9 Å². The van der Waals surface area contributed by atoms with E-state index >= 15 is 0 Å². The molecular formula is C19H27N3O6. The number of alkyl carbamates (subject to hydrolysis) is 1. The average Bonchev–Trinajstić information content (AvgIpc) is 2.58. The highest BCUT2D eigenvalue weighted by atomic mass is 16.6. The van der Waals surface area contributed by atoms with E-state index in [0.717, 1.165) is 6.07 Å². The van der Waals surface area contributed by atoms with Gasteiger partial charge >= 0.3 is 6.09 Å². The molecule has 1 aromatic rings. The van der Waals surface area contributed by atoms with E-state index in [9.17, 15) is 24.6 Å². The Hall–Kier alpha value is -2.97. The summed E-state index contributed by atoms with van der Waals surface area (Å²) in [6.07, 6.45) is 0.487. The molecule has 28 heavy (non-hydrogen) atoms. The molecule has 0 unspecified atom stereocenters. The number of hydrogen-bond donors (Lipinski definition) is 4. The van der Waals surface area contributed by atoms with Crippen LogP contribution in [-0.4, -0.2) is 64.3 Å². The van der Waals surface area contributed by atoms with Gasteiger partial charge < -0.3 is 30.5 Å². The van der Waals surface area contributed by atoms with Crippen LogP contribution in [0.5, 0.6) is 11.5 Å². The van der Waals surface area contributed by atoms with Crippen molar-refractivity contribution in [1.82, 2.24) is 15.5 Å². The first-order valence-electron chi connectivity index (χ1n) is 9.12. The maximum absolute atomic E-state index is 12.2. The third kappa shape index (κ3) is 6.64. The average molecular weight is 393 g/mol. The molecule has 154 valence electrons. The fourth-order valence-corrected chi connectivity index (χ4v) is 2.84. The van der Waals surface area contributed by atoms with Gasteiger partial charge in [-0.2, -0.15) is 0 Å². The first-order valence-corrected chi connectivity index (χ1v) is 9.12. The Balaban J connectivity index is 1.76. The summed E-state index contributed by atoms with van der Waals surface area (Å²) < 4.78 is 5.09. The Labute approximate surface area is 163 Å². The SMILES string of the molecule is CC(C)(C)OC(=O)NCC(=O)N1CCC(NC(=O)c2cc(O)cc(O)c2)CC1. The fourth-order valence-electron chi connectivity index (χ4n) is 2.84. The van der Waals surface area contributed by atoms with Crippen molar-refractivity contribution in [3.63, 3.8) is 0 Å². The zero-order chi connectivity index (χ0) is 20.9. The molecule has 1 saturated heterocycles. The number of phenols is 2. The van der Waals surface area contributed by atoms with Crippen molar-refractivity contribution in [1.29, 1.82) is 0 Å². The molecule has 1 heterocycles. The third-order valence-electron chi connectivity index (χ3n) is 4.13. The lowest BCUT2D eigenvalue weighted by Crippen LogP contribution is -2.49. The Morgan fingerprint density at radius 1 is 1.11 bits per heavy atom. The summed E-state index contributed by atoms with van der Waals surface area (Å²) in [4.78, 5) is 37.7. The molecule has 1 fully saturated rings. The molecule has 1 aliphatic rings. The number of rotatable bonds is 4. The molecule has 0 bridgehead atoms. The minimum Gasteiger partial charge on any atom is -0.508 e. The Morgan fingerprint density at radius 2 is 1.68 bits per heavy atom. The molecule has 1 aromatic carbocycles. The van der Waals surface area contributed by atoms with Crippen LogP contribution >= 0.6 is 0 Å². The number of carbonyl (C=O) groups is 3. The van der Waals surface area contributed by atoms with Crippen LogP contribution in [0.3, 0.4) is 0 Å². The van der Waals surface area contributed by atoms with E-state index in [2.05, 4.69) is 10.6 Å². The number of nitrogens with one attached hydrogen (secondary N) is 2. The third-order valence-corrected chi connectivity index (χ3v) is 4.13. The maximum Gasteiger partial charge on any atom is 0.408 e. The van der Waals surface area contributed by atoms with Crippen LogP contribution in [0.1, 0.15) is 44.0 Å². The van der Waals surface area contributed by atoms with E-state index in [4.69, 9.17) is 4.74 Å². The smallest absolute Gasteiger partial charge is 0.408 e. The molecule has 0 aromatic heterocycles. The van der Waals surface area contributed by atoms with Crippen molar-refractivity contribution in [3.8, 4) is 11.5 Å². The second-order valence-corrected chi connectivity index (χ2v) is 7.72. The van der Waals surface area contributed by atoms with Gasteiger partial charge in [0.15, 0.2) is 0 Å². The second kappa shape index (κ2) is 8.81. The minimum atomic E-state index is -0.641. The Kier molecular flexibility index (Phi) is 6.71. The first-order chi connectivity index (χ1) is 13.0. The summed E-state index contributed by atoms with van der Waals surface area (Å²) in [5.74, 6) is -0.998. The highest BCUT2D eigenvalue weighted by Gasteiger charge is 2.25. The highest BCUT2D eigenvalue weighted by Crippen LogP contribution is 2.21. The molecule has 9 heteroatoms. The van der Waals surface area contributed by atoms with Crippen LogP contribution < -0.4 is 10.6 Å². The van der Waals surface area contributed by atoms with Crippen molar-refractivity contribution >= 4 is 17.9 Å². The summed E-state index contributed by atoms with van der Waals surface area (Å²) >= 11 is 0. The maximum atomic E-state index is 12.2. The zero-order valence-electron chi connectivity index (χ0n) is 16.3. The molecule has 2 rings (SSSR count). The summed E-state index contributed by atoms with van der Waals surface area (Å²) in [5, 5.41) is 24.2. The van der Waals surface area contributed by atoms with Gasteiger partial charge in [-0.1, -0.05) is 0 Å². The lowest BCUT2D eigenvalue weighted by atomic mass is 10.0. The number of carbonyl (C=O) groups excluding carboxylic acids is 3. The van der Waals surface area contributed by atoms with Crippen LogP contribution in [0, 0.1) is 0 Å². The molecule has 0 spiro atoms. The molecule has 4 N–H and O–H groups in total. The number of nitrogens with zero attached hydrogens (tertiary/aromatic N) is 1. The fraction of sp³-hybridized carbons (Fsp3) is 0.526. The topological polar surface area (TPSA) is 128 Å². The van der Waals surface area contributed by atoms with Crippen LogP contribution in [0.4, 0.5) is 4.79 Å². The van der Waals surface area contributed by atoms with Crippen molar-refractivity contribution in [2.45, 2.75) is 45.3 Å². The minimum absolute atomic E-state index is 0.125. The number of ether oxygens (including phenoxy) is 1. The van der Waals surface area contributed by atoms with Crippen molar-refractivity contribution in [2.24, 2.45) is 0 Å². The summed E-state index contributed by atoms with van der Waals surface area (Å²) in [5.41, 5.74) is -0.465. The number of phenolic OH excluding ortho intramolecular Hbond substituents is 2. The Morgan fingerprint density at radius 3 is 2.21 bits per heavy atom. The molecule has 1 aliphatic heterocycles. The molecular weight excluding hydrogens is 366 g/mol. The lowest BCUT2D eigenvalue weighted by molar-refractivity contribution is -0.131. The molecule has 0 radical (unpaired) electrons. The van der Waals surface area contributed by atoms with Gasteiger partial charge in [-0.15, -0.1) is 0 Å². The predicted octanol–water partition coefficient (Wildman–Crippen LogP) is 1.34. The van der Waals surface area contributed by atoms with E-state index in [1.54, 1.807) is 25.7 Å². The van der Waals surface area contributed by atoms with E-state index in [1.165, 1.54) is 12.1 Å². The molecule has 9 nitrogen and oxygen atoms in total. The van der Waals surface area contributed by atoms with Crippen LogP contribution in [-0.2, 0) is 9.53 Å². The molecule has 3 amide bonds. The van der Waals surface area contributed by atoms with Crippen LogP contribution in [0.2, 0.25) is 0 Å². The quantitative estimate of drug-likeness (QED) is 0.611. The summed E-state index contributed by atoms with van der Waals surface area (Å²) in [6, 6.07) is 3.57. The second-order valence-electron chi connectivity index (χ2n) is 7.72. The van der Waals surface area contributed by atoms with Gasteiger partial charge in [-0.3, -0.25) is 9.59 Å². The van der Waals surface area contributed by atoms with Crippen molar-refractivity contribution < 1.29 is 29.3 Å². The van der Waals surface area contributed by atoms with Gasteiger partial charge in [-0.05, 0) is 45.7 Å². The number of benzene rings is 1. The standard InChI is InChI=1S/C19H27N3O6/c1-19(2,3)28-18(27)20-11-16(25)22-6-4-13(5-7-22)21-17(26)12-8-14(23)10-15(24)9-12/h8-10,13,23-24H,4-7,11H2,1-3H3,(H,20,27)(H,21,26). The van der Waals surface area contributed by atoms with Crippen LogP contribution in [0.25, 0.3) is 0 Å². The number of amides is 3. The Bertz CT molecular complexity index is 715. The first kappa shape index (κ1) is 21.3. The van der Waals surface area contributed by atoms with Gasteiger partial charge in [0.05, 0.1) is 0 Å². The summed E-state index contributed by atoms with van der Waals surface area (Å²) in [6.45, 7) is 5.98. The van der Waals surface area contributed by atoms with Crippen molar-refractivity contribution in [2.75, 3.05) is 19.6 Å². The van der Waals surface area contributed by atoms with E-state index in [-0.39, 0.29) is 35.6 Å².